The number of amides is 1. The number of thiazole rings is 1. The van der Waals surface area contributed by atoms with E-state index in [-0.39, 0.29) is 30.5 Å². The summed E-state index contributed by atoms with van der Waals surface area (Å²) in [7, 11) is 0. The van der Waals surface area contributed by atoms with E-state index in [9.17, 15) is 13.7 Å². The summed E-state index contributed by atoms with van der Waals surface area (Å²) in [4.78, 5) is 18.0. The summed E-state index contributed by atoms with van der Waals surface area (Å²) in [6.07, 6.45) is 6.45. The number of hydrogen-bond donors (Lipinski definition) is 1. The van der Waals surface area contributed by atoms with Crippen molar-refractivity contribution in [3.05, 3.63) is 17.9 Å². The highest BCUT2D eigenvalue weighted by molar-refractivity contribution is 7.20. The van der Waals surface area contributed by atoms with Crippen LogP contribution in [0.5, 0.6) is 10.9 Å². The Morgan fingerprint density at radius 1 is 1.30 bits per heavy atom. The molecule has 1 amide bonds. The summed E-state index contributed by atoms with van der Waals surface area (Å²) in [5, 5.41) is 3.04. The zero-order chi connectivity index (χ0) is 21.9. The molecule has 1 atom stereocenters. The predicted molar refractivity (Wildman–Crippen MR) is 113 cm³/mol. The summed E-state index contributed by atoms with van der Waals surface area (Å²) in [5.41, 5.74) is 0.631. The Kier molecular flexibility index (Phi) is 10.2. The molecule has 2 aromatic rings. The summed E-state index contributed by atoms with van der Waals surface area (Å²) >= 11 is 1.24. The average Bonchev–Trinajstić information content (AvgIpc) is 3.15. The number of carbonyl (C=O) groups excluding carboxylic acids is 1. The second-order valence-electron chi connectivity index (χ2n) is 7.10. The Bertz CT molecular complexity index is 797. The number of nitrogens with one attached hydrogen (secondary N) is 1. The molecule has 0 radical (unpaired) electrons. The Labute approximate surface area is 179 Å². The van der Waals surface area contributed by atoms with Gasteiger partial charge in [-0.1, -0.05) is 24.7 Å². The van der Waals surface area contributed by atoms with Crippen LogP contribution in [-0.2, 0) is 9.74 Å². The van der Waals surface area contributed by atoms with E-state index < -0.39 is 0 Å². The number of rotatable bonds is 8. The van der Waals surface area contributed by atoms with Gasteiger partial charge in [0.15, 0.2) is 11.6 Å². The molecule has 0 spiro atoms. The maximum atomic E-state index is 14.5. The number of nitrogens with zero attached hydrogens (tertiary/aromatic N) is 1. The largest absolute Gasteiger partial charge is 0.487 e. The number of fused-ring (bicyclic) bond motifs is 1. The fourth-order valence-electron chi connectivity index (χ4n) is 3.19. The molecule has 1 aromatic carbocycles. The summed E-state index contributed by atoms with van der Waals surface area (Å²) in [5.74, 6) is -0.128. The quantitative estimate of drug-likeness (QED) is 0.595. The van der Waals surface area contributed by atoms with Crippen molar-refractivity contribution < 1.29 is 28.1 Å². The lowest BCUT2D eigenvalue weighted by molar-refractivity contribution is -0.142. The van der Waals surface area contributed by atoms with Crippen LogP contribution in [0.3, 0.4) is 0 Å². The van der Waals surface area contributed by atoms with E-state index in [1.807, 2.05) is 13.8 Å². The van der Waals surface area contributed by atoms with Crippen molar-refractivity contribution >= 4 is 27.5 Å². The molecule has 0 saturated heterocycles. The second kappa shape index (κ2) is 12.6. The van der Waals surface area contributed by atoms with E-state index in [1.165, 1.54) is 37.5 Å². The van der Waals surface area contributed by atoms with Crippen molar-refractivity contribution in [2.75, 3.05) is 13.2 Å². The Balaban J connectivity index is 0.000000274. The van der Waals surface area contributed by atoms with Gasteiger partial charge < -0.3 is 14.8 Å². The number of carbonyl (C=O) groups is 1. The highest BCUT2D eigenvalue weighted by Crippen LogP contribution is 2.35. The molecule has 9 heteroatoms. The molecule has 1 heterocycles. The van der Waals surface area contributed by atoms with Gasteiger partial charge in [-0.25, -0.2) is 9.37 Å². The van der Waals surface area contributed by atoms with E-state index in [0.29, 0.717) is 34.2 Å². The molecule has 1 aliphatic rings. The van der Waals surface area contributed by atoms with Gasteiger partial charge in [-0.05, 0) is 55.7 Å². The first-order chi connectivity index (χ1) is 14.5. The van der Waals surface area contributed by atoms with Crippen LogP contribution in [-0.4, -0.2) is 36.3 Å². The van der Waals surface area contributed by atoms with Crippen LogP contribution in [0.1, 0.15) is 59.3 Å². The standard InChI is InChI=1S/C15H18FNO2S.C6H12FNO2/c1-2-18-15-17-11-8-9-12(13(16)14(11)20-15)19-10-6-4-3-5-7-10;1-3-6(4-10-7)8-5(2)9/h8-10H,2-7H2,1H3;6H,3-4H2,1-2H3,(H,8,9). The molecule has 0 bridgehead atoms. The van der Waals surface area contributed by atoms with Crippen LogP contribution in [0.25, 0.3) is 10.2 Å². The summed E-state index contributed by atoms with van der Waals surface area (Å²) < 4.78 is 37.4. The van der Waals surface area contributed by atoms with Crippen molar-refractivity contribution in [2.45, 2.75) is 71.4 Å². The number of halogens is 2. The molecule has 6 nitrogen and oxygen atoms in total. The minimum atomic E-state index is -0.309. The lowest BCUT2D eigenvalue weighted by atomic mass is 9.98. The van der Waals surface area contributed by atoms with Gasteiger partial charge in [0.1, 0.15) is 6.61 Å². The fourth-order valence-corrected chi connectivity index (χ4v) is 4.09. The second-order valence-corrected chi connectivity index (χ2v) is 8.06. The molecule has 1 N–H and O–H groups in total. The number of benzene rings is 1. The average molecular weight is 445 g/mol. The normalized spacial score (nSPS) is 15.2. The number of hydrogen-bond acceptors (Lipinski definition) is 6. The Morgan fingerprint density at radius 3 is 2.63 bits per heavy atom. The van der Waals surface area contributed by atoms with Crippen molar-refractivity contribution in [1.82, 2.24) is 10.3 Å². The monoisotopic (exact) mass is 444 g/mol. The van der Waals surface area contributed by atoms with Gasteiger partial charge in [0, 0.05) is 6.92 Å². The lowest BCUT2D eigenvalue weighted by Gasteiger charge is -2.23. The molecule has 1 unspecified atom stereocenters. The number of aromatic nitrogens is 1. The van der Waals surface area contributed by atoms with Gasteiger partial charge in [0.2, 0.25) is 5.91 Å². The molecular formula is C21H30F2N2O4S. The number of ether oxygens (including phenoxy) is 2. The lowest BCUT2D eigenvalue weighted by Crippen LogP contribution is -2.35. The van der Waals surface area contributed by atoms with Crippen LogP contribution in [0, 0.1) is 5.82 Å². The molecule has 0 aliphatic heterocycles. The zero-order valence-corrected chi connectivity index (χ0v) is 18.5. The van der Waals surface area contributed by atoms with Crippen LogP contribution < -0.4 is 14.8 Å². The third kappa shape index (κ3) is 7.36. The van der Waals surface area contributed by atoms with Crippen molar-refractivity contribution in [3.8, 4) is 10.9 Å². The molecule has 1 aromatic heterocycles. The van der Waals surface area contributed by atoms with E-state index in [4.69, 9.17) is 9.47 Å². The summed E-state index contributed by atoms with van der Waals surface area (Å²) in [6.45, 7) is 5.59. The van der Waals surface area contributed by atoms with Gasteiger partial charge in [-0.15, -0.1) is 0 Å². The topological polar surface area (TPSA) is 69.7 Å². The Hall–Kier alpha value is -2.00. The molecule has 30 heavy (non-hydrogen) atoms. The molecule has 1 aliphatic carbocycles. The van der Waals surface area contributed by atoms with Gasteiger partial charge in [-0.2, -0.15) is 4.94 Å². The first-order valence-corrected chi connectivity index (χ1v) is 11.2. The zero-order valence-electron chi connectivity index (χ0n) is 17.7. The molecule has 3 rings (SSSR count). The maximum Gasteiger partial charge on any atom is 0.274 e. The van der Waals surface area contributed by atoms with Gasteiger partial charge >= 0.3 is 0 Å². The summed E-state index contributed by atoms with van der Waals surface area (Å²) in [6, 6.07) is 3.28. The van der Waals surface area contributed by atoms with Gasteiger partial charge in [0.25, 0.3) is 5.19 Å². The Morgan fingerprint density at radius 2 is 2.03 bits per heavy atom. The molecular weight excluding hydrogens is 414 g/mol. The van der Waals surface area contributed by atoms with Gasteiger partial charge in [-0.3, -0.25) is 4.79 Å². The minimum Gasteiger partial charge on any atom is -0.487 e. The third-order valence-electron chi connectivity index (χ3n) is 4.72. The molecule has 1 fully saturated rings. The van der Waals surface area contributed by atoms with E-state index in [0.717, 1.165) is 12.8 Å². The third-order valence-corrected chi connectivity index (χ3v) is 5.70. The van der Waals surface area contributed by atoms with Crippen LogP contribution in [0.15, 0.2) is 12.1 Å². The highest BCUT2D eigenvalue weighted by atomic mass is 32.1. The SMILES string of the molecule is CCC(COF)NC(C)=O.CCOc1nc2ccc(OC3CCCCC3)c(F)c2s1. The van der Waals surface area contributed by atoms with Crippen molar-refractivity contribution in [3.63, 3.8) is 0 Å². The van der Waals surface area contributed by atoms with E-state index in [1.54, 1.807) is 12.1 Å². The minimum absolute atomic E-state index is 0.0733. The van der Waals surface area contributed by atoms with Crippen LogP contribution in [0.2, 0.25) is 0 Å². The fraction of sp³-hybridized carbons (Fsp3) is 0.619. The highest BCUT2D eigenvalue weighted by Gasteiger charge is 2.19. The van der Waals surface area contributed by atoms with Crippen molar-refractivity contribution in [2.24, 2.45) is 0 Å². The molecule has 168 valence electrons. The van der Waals surface area contributed by atoms with Crippen molar-refractivity contribution in [1.29, 1.82) is 0 Å². The first-order valence-electron chi connectivity index (χ1n) is 10.4. The van der Waals surface area contributed by atoms with E-state index >= 15 is 0 Å². The van der Waals surface area contributed by atoms with E-state index in [2.05, 4.69) is 15.2 Å². The van der Waals surface area contributed by atoms with Crippen LogP contribution >= 0.6 is 11.3 Å². The smallest absolute Gasteiger partial charge is 0.274 e. The predicted octanol–water partition coefficient (Wildman–Crippen LogP) is 5.35. The van der Waals surface area contributed by atoms with Gasteiger partial charge in [0.05, 0.1) is 29.0 Å². The first kappa shape index (κ1) is 24.3. The maximum absolute atomic E-state index is 14.5. The van der Waals surface area contributed by atoms with Crippen LogP contribution in [0.4, 0.5) is 8.92 Å². The molecule has 1 saturated carbocycles.